The predicted octanol–water partition coefficient (Wildman–Crippen LogP) is 3.01. The van der Waals surface area contributed by atoms with Gasteiger partial charge >= 0.3 is 85.0 Å². The zero-order chi connectivity index (χ0) is 64.9. The van der Waals surface area contributed by atoms with Crippen LogP contribution >= 0.6 is 31.3 Å². The van der Waals surface area contributed by atoms with Crippen LogP contribution in [-0.4, -0.2) is 170 Å². The van der Waals surface area contributed by atoms with Crippen molar-refractivity contribution in [2.24, 2.45) is 0 Å². The molecule has 1 aliphatic carbocycles. The van der Waals surface area contributed by atoms with Crippen molar-refractivity contribution in [3.05, 3.63) is 0 Å². The van der Waals surface area contributed by atoms with E-state index in [-0.39, 0.29) is 12.8 Å². The van der Waals surface area contributed by atoms with Crippen LogP contribution in [0.15, 0.2) is 0 Å². The Bertz CT molecular complexity index is 2340. The van der Waals surface area contributed by atoms with Gasteiger partial charge < -0.3 is 67.8 Å². The lowest BCUT2D eigenvalue weighted by atomic mass is 9.74. The molecule has 0 heterocycles. The zero-order valence-corrected chi connectivity index (χ0v) is 51.1. The van der Waals surface area contributed by atoms with E-state index in [0.717, 1.165) is 41.5 Å². The summed E-state index contributed by atoms with van der Waals surface area (Å²) in [7, 11) is -26.3. The molecule has 0 amide bonds. The largest absolute Gasteiger partial charge is 0.483 e. The third kappa shape index (κ3) is 26.0. The van der Waals surface area contributed by atoms with E-state index >= 15 is 13.7 Å². The number of hydrogen-bond donors (Lipinski definition) is 4. The molecule has 4 N–H and O–H groups in total. The van der Waals surface area contributed by atoms with Gasteiger partial charge in [-0.05, 0) is 12.8 Å². The summed E-state index contributed by atoms with van der Waals surface area (Å²) in [6, 6.07) is 0. The zero-order valence-electron chi connectivity index (χ0n) is 47.5. The second-order valence-electron chi connectivity index (χ2n) is 16.6. The lowest BCUT2D eigenvalue weighted by Gasteiger charge is -2.62. The molecule has 85 heavy (non-hydrogen) atoms. The van der Waals surface area contributed by atoms with E-state index in [1.165, 1.54) is 6.92 Å². The van der Waals surface area contributed by atoms with Crippen LogP contribution in [0.3, 0.4) is 0 Å². The third-order valence-electron chi connectivity index (χ3n) is 9.78. The highest BCUT2D eigenvalue weighted by Crippen LogP contribution is 2.71. The summed E-state index contributed by atoms with van der Waals surface area (Å²) in [5.41, 5.74) is 0. The molecule has 0 aromatic heterocycles. The molecule has 1 fully saturated rings. The minimum Gasteiger partial charge on any atom is -0.453 e. The number of phosphoric ester groups is 4. The highest BCUT2D eigenvalue weighted by molar-refractivity contribution is 7.49. The van der Waals surface area contributed by atoms with Gasteiger partial charge in [-0.3, -0.25) is 43.2 Å². The number of unbranched alkanes of at least 4 members (excludes halogenated alkanes) is 5. The van der Waals surface area contributed by atoms with Crippen molar-refractivity contribution < 1.29 is 183 Å². The first kappa shape index (κ1) is 78.5. The number of ether oxygens (including phenoxy) is 10. The molecule has 492 valence electrons. The van der Waals surface area contributed by atoms with Crippen LogP contribution in [-0.2, 0) is 163 Å². The fraction of sp³-hybridized carbons (Fsp3) is 0.786. The molecule has 0 saturated heterocycles. The number of aliphatic hydroxyl groups excluding tert-OH is 1. The molecule has 1 saturated carbocycles. The molecule has 43 heteroatoms. The molecule has 0 aromatic carbocycles. The average Bonchev–Trinajstić information content (AvgIpc) is 0.719. The third-order valence-corrected chi connectivity index (χ3v) is 15.1. The van der Waals surface area contributed by atoms with E-state index in [1.807, 2.05) is 6.92 Å². The number of phosphoric acid groups is 4. The number of esters is 9. The summed E-state index contributed by atoms with van der Waals surface area (Å²) >= 11 is 0. The number of rotatable bonds is 43. The minimum absolute atomic E-state index is 0.0385. The normalized spacial score (nSPS) is 21.6. The maximum Gasteiger partial charge on any atom is 0.483 e. The Labute approximate surface area is 484 Å². The molecule has 0 radical (unpaired) electrons. The first-order chi connectivity index (χ1) is 39.5. The fourth-order valence-electron chi connectivity index (χ4n) is 6.04. The monoisotopic (exact) mass is 1320 g/mol. The molecule has 0 unspecified atom stereocenters. The van der Waals surface area contributed by atoms with Crippen molar-refractivity contribution >= 4 is 85.0 Å². The van der Waals surface area contributed by atoms with Crippen molar-refractivity contribution in [1.29, 1.82) is 0 Å². The fourth-order valence-corrected chi connectivity index (χ4v) is 10.6. The van der Waals surface area contributed by atoms with Gasteiger partial charge in [0.1, 0.15) is 0 Å². The van der Waals surface area contributed by atoms with Gasteiger partial charge in [0.2, 0.25) is 54.3 Å². The van der Waals surface area contributed by atoms with Crippen LogP contribution < -0.4 is 0 Å². The minimum atomic E-state index is -6.67. The molecule has 6 atom stereocenters. The summed E-state index contributed by atoms with van der Waals surface area (Å²) in [5, 5.41) is 53.9. The second-order valence-corrected chi connectivity index (χ2v) is 23.0. The van der Waals surface area contributed by atoms with Gasteiger partial charge in [-0.1, -0.05) is 46.0 Å². The number of hydrogen-bond acceptors (Lipinski definition) is 39. The Morgan fingerprint density at radius 2 is 0.671 bits per heavy atom. The van der Waals surface area contributed by atoms with Crippen molar-refractivity contribution in [2.45, 2.75) is 156 Å². The lowest BCUT2D eigenvalue weighted by molar-refractivity contribution is -0.541. The van der Waals surface area contributed by atoms with Crippen LogP contribution in [0.2, 0.25) is 0 Å². The highest BCUT2D eigenvalue weighted by Gasteiger charge is 2.90. The van der Waals surface area contributed by atoms with Crippen molar-refractivity contribution in [1.82, 2.24) is 0 Å². The smallest absolute Gasteiger partial charge is 0.453 e. The molecular formula is C42H70O39P4. The van der Waals surface area contributed by atoms with Crippen molar-refractivity contribution in [3.8, 4) is 0 Å². The van der Waals surface area contributed by atoms with Gasteiger partial charge in [-0.2, -0.15) is 0 Å². The van der Waals surface area contributed by atoms with Gasteiger partial charge in [0.15, 0.2) is 12.2 Å². The highest BCUT2D eigenvalue weighted by atomic mass is 31.2. The topological polar surface area (TPSA) is 506 Å². The first-order valence-electron chi connectivity index (χ1n) is 24.6. The van der Waals surface area contributed by atoms with Crippen LogP contribution in [0.25, 0.3) is 0 Å². The van der Waals surface area contributed by atoms with Crippen LogP contribution in [0.5, 0.6) is 0 Å². The van der Waals surface area contributed by atoms with Crippen molar-refractivity contribution in [3.63, 3.8) is 0 Å². The Kier molecular flexibility index (Phi) is 33.9. The van der Waals surface area contributed by atoms with Crippen LogP contribution in [0, 0.1) is 0 Å². The van der Waals surface area contributed by atoms with E-state index in [9.17, 15) is 68.1 Å². The van der Waals surface area contributed by atoms with Crippen LogP contribution in [0.4, 0.5) is 0 Å². The van der Waals surface area contributed by atoms with Gasteiger partial charge in [-0.25, -0.2) is 72.5 Å². The van der Waals surface area contributed by atoms with E-state index in [4.69, 9.17) is 73.2 Å². The SMILES string of the molecule is CCCCCCCCO[C@]1(OP(=O)(OCOC(C)=O)OCOC(C)=O)[C@H](OC(=O)CCC)[C@H](O)[C@](O)(OP(=O)(OCOC(C)=O)OCOC(C)=O)[C@@](O)(OP(=O)(OCOC(C)=O)OCOC(C)=O)[C@]1(O)OP(=O)(OCOC(C)=O)OCOC(C)=O. The maximum absolute atomic E-state index is 15.4. The molecule has 0 bridgehead atoms. The number of carbonyl (C=O) groups excluding carboxylic acids is 9. The lowest BCUT2D eigenvalue weighted by Crippen LogP contribution is -2.90. The summed E-state index contributed by atoms with van der Waals surface area (Å²) < 4.78 is 172. The average molecular weight is 1320 g/mol. The first-order valence-corrected chi connectivity index (χ1v) is 30.5. The Morgan fingerprint density at radius 1 is 0.388 bits per heavy atom. The van der Waals surface area contributed by atoms with Gasteiger partial charge in [0.25, 0.3) is 23.1 Å². The summed E-state index contributed by atoms with van der Waals surface area (Å²) in [6.07, 6.45) is -6.96. The Morgan fingerprint density at radius 3 is 0.976 bits per heavy atom. The van der Waals surface area contributed by atoms with Crippen molar-refractivity contribution in [2.75, 3.05) is 61.0 Å². The molecule has 39 nitrogen and oxygen atoms in total. The molecular weight excluding hydrogens is 1250 g/mol. The Balaban J connectivity index is 5.44. The van der Waals surface area contributed by atoms with E-state index in [0.29, 0.717) is 39.5 Å². The summed E-state index contributed by atoms with van der Waals surface area (Å²) in [5.74, 6) is -33.2. The van der Waals surface area contributed by atoms with E-state index < -0.39 is 194 Å². The van der Waals surface area contributed by atoms with Gasteiger partial charge in [0, 0.05) is 61.8 Å². The van der Waals surface area contributed by atoms with E-state index in [2.05, 4.69) is 28.4 Å². The summed E-state index contributed by atoms with van der Waals surface area (Å²) in [6.45, 7) is -5.66. The van der Waals surface area contributed by atoms with Gasteiger partial charge in [0.05, 0.1) is 6.61 Å². The molecule has 1 rings (SSSR count). The summed E-state index contributed by atoms with van der Waals surface area (Å²) in [4.78, 5) is 110. The number of aliphatic hydroxyl groups is 4. The number of carbonyl (C=O) groups is 9. The molecule has 0 aliphatic heterocycles. The van der Waals surface area contributed by atoms with Gasteiger partial charge in [-0.15, -0.1) is 0 Å². The second kappa shape index (κ2) is 36.7. The van der Waals surface area contributed by atoms with Crippen LogP contribution in [0.1, 0.15) is 121 Å². The van der Waals surface area contributed by atoms with E-state index in [1.54, 1.807) is 0 Å². The molecule has 0 aromatic rings. The predicted molar refractivity (Wildman–Crippen MR) is 264 cm³/mol. The molecule has 0 spiro atoms. The quantitative estimate of drug-likeness (QED) is 0.0224. The Hall–Kier alpha value is -4.53. The standard InChI is InChI=1S/C42H70O39P4/c1-11-13-14-15-16-17-19-68-40(79-83(57,71-22-62-30(5)45)72-23-63-31(6)46)38(77-36(51)18-12-2)37(52)39(53,78-82(56,69-20-60-28(3)43)70-21-61-29(4)44)41(54,80-84(58,73-24-64-32(7)47)74-25-65-33(8)48)42(40,55)81-85(59,75-26-66-34(9)49)76-27-67-35(10)50/h37-38,52-55H,11-27H2,1-10H3/t37-,38+,39-,40-,41+,42+/m0/s1. The molecule has 1 aliphatic rings. The maximum atomic E-state index is 15.4.